The zero-order valence-electron chi connectivity index (χ0n) is 19.1. The van der Waals surface area contributed by atoms with E-state index in [1.807, 2.05) is 6.92 Å². The zero-order chi connectivity index (χ0) is 25.8. The van der Waals surface area contributed by atoms with E-state index in [9.17, 15) is 26.4 Å². The molecular weight excluding hydrogens is 485 g/mol. The van der Waals surface area contributed by atoms with Gasteiger partial charge in [0, 0.05) is 11.8 Å². The Morgan fingerprint density at radius 2 is 1.51 bits per heavy atom. The number of nitrogens with zero attached hydrogens (tertiary/aromatic N) is 1. The number of rotatable bonds is 8. The van der Waals surface area contributed by atoms with Crippen LogP contribution in [0.15, 0.2) is 71.6 Å². The van der Waals surface area contributed by atoms with Gasteiger partial charge in [0.05, 0.1) is 30.4 Å². The Morgan fingerprint density at radius 1 is 0.914 bits per heavy atom. The standard InChI is InChI=1S/C24H23F3N2O5S/c1-16-4-10-19(11-5-16)29(35(31,32)20-12-13-21(33-2)22(14-20)34-3)15-23(30)28-18-8-6-17(7-9-18)24(25,26)27/h4-14H,15H2,1-3H3,(H,28,30). The second-order valence-electron chi connectivity index (χ2n) is 7.49. The van der Waals surface area contributed by atoms with E-state index in [0.717, 1.165) is 34.1 Å². The van der Waals surface area contributed by atoms with Gasteiger partial charge in [-0.15, -0.1) is 0 Å². The van der Waals surface area contributed by atoms with Crippen molar-refractivity contribution >= 4 is 27.3 Å². The summed E-state index contributed by atoms with van der Waals surface area (Å²) in [7, 11) is -1.47. The zero-order valence-corrected chi connectivity index (χ0v) is 19.9. The van der Waals surface area contributed by atoms with Crippen LogP contribution in [0.2, 0.25) is 0 Å². The van der Waals surface area contributed by atoms with Crippen LogP contribution in [0.1, 0.15) is 11.1 Å². The van der Waals surface area contributed by atoms with Crippen molar-refractivity contribution < 1.29 is 35.9 Å². The number of carbonyl (C=O) groups excluding carboxylic acids is 1. The number of halogens is 3. The molecule has 11 heteroatoms. The molecule has 1 N–H and O–H groups in total. The first-order valence-electron chi connectivity index (χ1n) is 10.2. The number of hydrogen-bond acceptors (Lipinski definition) is 5. The number of nitrogens with one attached hydrogen (secondary N) is 1. The molecule has 7 nitrogen and oxygen atoms in total. The van der Waals surface area contributed by atoms with Crippen molar-refractivity contribution in [3.8, 4) is 11.5 Å². The third-order valence-corrected chi connectivity index (χ3v) is 6.82. The minimum Gasteiger partial charge on any atom is -0.493 e. The van der Waals surface area contributed by atoms with E-state index in [2.05, 4.69) is 5.32 Å². The van der Waals surface area contributed by atoms with Crippen molar-refractivity contribution in [3.05, 3.63) is 77.9 Å². The van der Waals surface area contributed by atoms with Crippen molar-refractivity contribution in [2.45, 2.75) is 18.0 Å². The SMILES string of the molecule is COc1ccc(S(=O)(=O)N(CC(=O)Nc2ccc(C(F)(F)F)cc2)c2ccc(C)cc2)cc1OC. The van der Waals surface area contributed by atoms with E-state index in [0.29, 0.717) is 5.75 Å². The van der Waals surface area contributed by atoms with Gasteiger partial charge in [-0.3, -0.25) is 9.10 Å². The fraction of sp³-hybridized carbons (Fsp3) is 0.208. The molecule has 0 heterocycles. The van der Waals surface area contributed by atoms with Gasteiger partial charge in [0.2, 0.25) is 5.91 Å². The minimum atomic E-state index is -4.52. The Kier molecular flexibility index (Phi) is 7.59. The van der Waals surface area contributed by atoms with Gasteiger partial charge in [-0.2, -0.15) is 13.2 Å². The van der Waals surface area contributed by atoms with E-state index in [-0.39, 0.29) is 22.0 Å². The van der Waals surface area contributed by atoms with Crippen molar-refractivity contribution in [2.24, 2.45) is 0 Å². The quantitative estimate of drug-likeness (QED) is 0.470. The molecule has 1 amide bonds. The normalized spacial score (nSPS) is 11.6. The molecule has 0 aliphatic rings. The summed E-state index contributed by atoms with van der Waals surface area (Å²) in [4.78, 5) is 12.6. The number of benzene rings is 3. The number of ether oxygens (including phenoxy) is 2. The summed E-state index contributed by atoms with van der Waals surface area (Å²) >= 11 is 0. The molecule has 0 bridgehead atoms. The molecule has 0 radical (unpaired) electrons. The van der Waals surface area contributed by atoms with Gasteiger partial charge in [0.25, 0.3) is 10.0 Å². The Labute approximate surface area is 201 Å². The monoisotopic (exact) mass is 508 g/mol. The molecule has 0 aromatic heterocycles. The van der Waals surface area contributed by atoms with E-state index in [1.54, 1.807) is 24.3 Å². The van der Waals surface area contributed by atoms with Gasteiger partial charge < -0.3 is 14.8 Å². The van der Waals surface area contributed by atoms with Gasteiger partial charge in [0.1, 0.15) is 6.54 Å². The minimum absolute atomic E-state index is 0.0929. The topological polar surface area (TPSA) is 84.9 Å². The third kappa shape index (κ3) is 6.04. The van der Waals surface area contributed by atoms with Crippen LogP contribution < -0.4 is 19.1 Å². The summed E-state index contributed by atoms with van der Waals surface area (Å²) in [5.41, 5.74) is 0.336. The second kappa shape index (κ2) is 10.3. The Balaban J connectivity index is 1.93. The molecule has 35 heavy (non-hydrogen) atoms. The number of anilines is 2. The van der Waals surface area contributed by atoms with Crippen molar-refractivity contribution in [1.29, 1.82) is 0 Å². The lowest BCUT2D eigenvalue weighted by Gasteiger charge is -2.24. The van der Waals surface area contributed by atoms with Gasteiger partial charge >= 0.3 is 6.18 Å². The third-order valence-electron chi connectivity index (χ3n) is 5.05. The predicted molar refractivity (Wildman–Crippen MR) is 125 cm³/mol. The fourth-order valence-corrected chi connectivity index (χ4v) is 4.64. The molecule has 0 saturated heterocycles. The van der Waals surface area contributed by atoms with Crippen molar-refractivity contribution in [1.82, 2.24) is 0 Å². The molecule has 186 valence electrons. The number of sulfonamides is 1. The van der Waals surface area contributed by atoms with Crippen LogP contribution in [-0.2, 0) is 21.0 Å². The lowest BCUT2D eigenvalue weighted by molar-refractivity contribution is -0.137. The van der Waals surface area contributed by atoms with Gasteiger partial charge in [-0.1, -0.05) is 17.7 Å². The summed E-state index contributed by atoms with van der Waals surface area (Å²) in [6.07, 6.45) is -4.52. The highest BCUT2D eigenvalue weighted by molar-refractivity contribution is 7.92. The van der Waals surface area contributed by atoms with Crippen LogP contribution in [0, 0.1) is 6.92 Å². The molecule has 0 unspecified atom stereocenters. The van der Waals surface area contributed by atoms with Gasteiger partial charge in [-0.05, 0) is 55.5 Å². The maximum Gasteiger partial charge on any atom is 0.416 e. The van der Waals surface area contributed by atoms with Crippen LogP contribution in [0.5, 0.6) is 11.5 Å². The van der Waals surface area contributed by atoms with E-state index in [4.69, 9.17) is 9.47 Å². The van der Waals surface area contributed by atoms with Crippen LogP contribution in [0.4, 0.5) is 24.5 Å². The highest BCUT2D eigenvalue weighted by Crippen LogP contribution is 2.33. The molecule has 0 aliphatic heterocycles. The fourth-order valence-electron chi connectivity index (χ4n) is 3.20. The van der Waals surface area contributed by atoms with Crippen LogP contribution in [0.25, 0.3) is 0 Å². The van der Waals surface area contributed by atoms with Crippen molar-refractivity contribution in [3.63, 3.8) is 0 Å². The number of alkyl halides is 3. The molecule has 3 rings (SSSR count). The van der Waals surface area contributed by atoms with Gasteiger partial charge in [0.15, 0.2) is 11.5 Å². The average molecular weight is 509 g/mol. The predicted octanol–water partition coefficient (Wildman–Crippen LogP) is 4.87. The van der Waals surface area contributed by atoms with E-state index >= 15 is 0 Å². The highest BCUT2D eigenvalue weighted by atomic mass is 32.2. The Morgan fingerprint density at radius 3 is 2.06 bits per heavy atom. The largest absolute Gasteiger partial charge is 0.493 e. The van der Waals surface area contributed by atoms with Crippen LogP contribution in [-0.4, -0.2) is 35.1 Å². The molecular formula is C24H23F3N2O5S. The maximum atomic E-state index is 13.6. The highest BCUT2D eigenvalue weighted by Gasteiger charge is 2.31. The summed E-state index contributed by atoms with van der Waals surface area (Å²) < 4.78 is 76.7. The molecule has 3 aromatic rings. The first-order chi connectivity index (χ1) is 16.5. The van der Waals surface area contributed by atoms with Crippen molar-refractivity contribution in [2.75, 3.05) is 30.4 Å². The molecule has 0 aliphatic carbocycles. The average Bonchev–Trinajstić information content (AvgIpc) is 2.82. The molecule has 0 atom stereocenters. The van der Waals surface area contributed by atoms with Gasteiger partial charge in [-0.25, -0.2) is 8.42 Å². The molecule has 0 spiro atoms. The van der Waals surface area contributed by atoms with E-state index < -0.39 is 34.2 Å². The summed E-state index contributed by atoms with van der Waals surface area (Å²) in [6, 6.07) is 14.4. The lowest BCUT2D eigenvalue weighted by Crippen LogP contribution is -2.38. The first kappa shape index (κ1) is 25.9. The Hall–Kier alpha value is -3.73. The van der Waals surface area contributed by atoms with Crippen LogP contribution in [0.3, 0.4) is 0 Å². The van der Waals surface area contributed by atoms with E-state index in [1.165, 1.54) is 32.4 Å². The second-order valence-corrected chi connectivity index (χ2v) is 9.35. The molecule has 0 saturated carbocycles. The van der Waals surface area contributed by atoms with Crippen LogP contribution >= 0.6 is 0 Å². The number of amides is 1. The smallest absolute Gasteiger partial charge is 0.416 e. The number of hydrogen-bond donors (Lipinski definition) is 1. The summed E-state index contributed by atoms with van der Waals surface area (Å²) in [6.45, 7) is 1.20. The molecule has 3 aromatic carbocycles. The molecule has 0 fully saturated rings. The maximum absolute atomic E-state index is 13.6. The summed E-state index contributed by atoms with van der Waals surface area (Å²) in [5.74, 6) is -0.227. The summed E-state index contributed by atoms with van der Waals surface area (Å²) in [5, 5.41) is 2.44. The number of aryl methyl sites for hydroxylation is 1. The number of methoxy groups -OCH3 is 2. The first-order valence-corrected chi connectivity index (χ1v) is 11.7. The lowest BCUT2D eigenvalue weighted by atomic mass is 10.2. The Bertz CT molecular complexity index is 1290. The number of carbonyl (C=O) groups is 1.